The van der Waals surface area contributed by atoms with Gasteiger partial charge in [0, 0.05) is 25.7 Å². The molecule has 0 radical (unpaired) electrons. The predicted molar refractivity (Wildman–Crippen MR) is 244 cm³/mol. The van der Waals surface area contributed by atoms with Gasteiger partial charge in [-0.1, -0.05) is 24.3 Å². The van der Waals surface area contributed by atoms with Crippen LogP contribution in [0.25, 0.3) is 0 Å². The maximum absolute atomic E-state index is 14.5. The molecule has 0 N–H and O–H groups in total. The summed E-state index contributed by atoms with van der Waals surface area (Å²) in [6.07, 6.45) is 6.32. The molecule has 58 heavy (non-hydrogen) atoms. The Morgan fingerprint density at radius 1 is 0.655 bits per heavy atom. The van der Waals surface area contributed by atoms with Gasteiger partial charge in [-0.3, -0.25) is 18.6 Å². The van der Waals surface area contributed by atoms with E-state index in [0.717, 1.165) is 17.5 Å². The molecule has 0 atom stereocenters. The van der Waals surface area contributed by atoms with Crippen LogP contribution >= 0.6 is 32.3 Å². The molecule has 0 fully saturated rings. The van der Waals surface area contributed by atoms with Crippen LogP contribution in [0.3, 0.4) is 0 Å². The number of aliphatic imine (C=N–C) groups is 1. The standard InChI is InChI=1S/C44H78NO10PS2/c1-15-47-38(57)21-23-40(5,6)50-30-26-43(11,12)54-56(46,55-44(13,14)27-31-51-41(7,8)24-22-39(58)48-16-2)53-32-28-45-33-36-17-19-37(20-18-36)34-52-42(9,10)25-29-49-35(3)4/h17-20,33,35H,15-16,21-32,34H2,1-14H3. The van der Waals surface area contributed by atoms with Gasteiger partial charge in [0.15, 0.2) is 10.1 Å². The van der Waals surface area contributed by atoms with Crippen molar-refractivity contribution >= 4 is 48.6 Å². The topological polar surface area (TPSA) is 113 Å². The van der Waals surface area contributed by atoms with Crippen molar-refractivity contribution in [1.29, 1.82) is 0 Å². The van der Waals surface area contributed by atoms with Crippen LogP contribution in [0.4, 0.5) is 0 Å². The van der Waals surface area contributed by atoms with Gasteiger partial charge in [0.1, 0.15) is 0 Å². The zero-order valence-electron chi connectivity index (χ0n) is 38.4. The molecular weight excluding hydrogens is 798 g/mol. The molecule has 0 spiro atoms. The van der Waals surface area contributed by atoms with E-state index in [1.165, 1.54) is 0 Å². The number of rotatable bonds is 32. The minimum Gasteiger partial charge on any atom is -0.487 e. The molecule has 0 heterocycles. The summed E-state index contributed by atoms with van der Waals surface area (Å²) in [6.45, 7) is 30.8. The van der Waals surface area contributed by atoms with E-state index in [-0.39, 0.29) is 24.9 Å². The van der Waals surface area contributed by atoms with Crippen molar-refractivity contribution in [2.24, 2.45) is 4.99 Å². The van der Waals surface area contributed by atoms with Crippen molar-refractivity contribution in [1.82, 2.24) is 0 Å². The van der Waals surface area contributed by atoms with E-state index >= 15 is 0 Å². The Balaban J connectivity index is 2.92. The van der Waals surface area contributed by atoms with Crippen LogP contribution in [0.5, 0.6) is 0 Å². The molecular formula is C44H78NO10PS2. The molecule has 0 saturated heterocycles. The fraction of sp³-hybridized carbons (Fsp3) is 0.795. The largest absolute Gasteiger partial charge is 0.487 e. The summed E-state index contributed by atoms with van der Waals surface area (Å²) in [5.74, 6) is 0. The third-order valence-corrected chi connectivity index (χ3v) is 11.6. The summed E-state index contributed by atoms with van der Waals surface area (Å²) in [5.41, 5.74) is -1.00. The lowest BCUT2D eigenvalue weighted by Gasteiger charge is -2.35. The second-order valence-corrected chi connectivity index (χ2v) is 20.2. The molecule has 336 valence electrons. The molecule has 0 aliphatic rings. The average Bonchev–Trinajstić information content (AvgIpc) is 3.08. The van der Waals surface area contributed by atoms with Crippen molar-refractivity contribution in [2.75, 3.05) is 46.2 Å². The van der Waals surface area contributed by atoms with Crippen LogP contribution in [0.2, 0.25) is 0 Å². The smallest absolute Gasteiger partial charge is 0.475 e. The van der Waals surface area contributed by atoms with E-state index in [1.807, 2.05) is 107 Å². The lowest BCUT2D eigenvalue weighted by atomic mass is 10.0. The SMILES string of the molecule is CCOC(=S)CCC(C)(C)OCCC(C)(C)OP(=O)(OCCN=Cc1ccc(COC(C)(C)CCOC(C)C)cc1)OC(C)(C)CCOC(C)(C)CCC(=S)OCC. The van der Waals surface area contributed by atoms with Gasteiger partial charge in [0.05, 0.1) is 80.3 Å². The Morgan fingerprint density at radius 3 is 1.55 bits per heavy atom. The zero-order chi connectivity index (χ0) is 44.1. The van der Waals surface area contributed by atoms with E-state index in [9.17, 15) is 4.57 Å². The van der Waals surface area contributed by atoms with E-state index in [4.69, 9.17) is 66.4 Å². The Hall–Kier alpha value is -1.38. The minimum atomic E-state index is -4.12. The molecule has 11 nitrogen and oxygen atoms in total. The van der Waals surface area contributed by atoms with Gasteiger partial charge in [-0.2, -0.15) is 0 Å². The van der Waals surface area contributed by atoms with Crippen LogP contribution in [0, 0.1) is 0 Å². The Morgan fingerprint density at radius 2 is 1.10 bits per heavy atom. The zero-order valence-corrected chi connectivity index (χ0v) is 40.9. The highest BCUT2D eigenvalue weighted by Crippen LogP contribution is 2.56. The predicted octanol–water partition coefficient (Wildman–Crippen LogP) is 11.6. The second kappa shape index (κ2) is 26.2. The van der Waals surface area contributed by atoms with Crippen LogP contribution in [0.15, 0.2) is 29.3 Å². The molecule has 1 aromatic carbocycles. The first kappa shape index (κ1) is 54.6. The van der Waals surface area contributed by atoms with Crippen molar-refractivity contribution in [2.45, 2.75) is 183 Å². The number of phosphoric acid groups is 1. The lowest BCUT2D eigenvalue weighted by molar-refractivity contribution is -0.0679. The van der Waals surface area contributed by atoms with Crippen molar-refractivity contribution in [3.8, 4) is 0 Å². The fourth-order valence-corrected chi connectivity index (χ4v) is 7.58. The van der Waals surface area contributed by atoms with Gasteiger partial charge in [0.25, 0.3) is 0 Å². The molecule has 0 aromatic heterocycles. The fourth-order valence-electron chi connectivity index (χ4n) is 5.30. The number of ether oxygens (including phenoxy) is 6. The number of benzene rings is 1. The van der Waals surface area contributed by atoms with Crippen LogP contribution < -0.4 is 0 Å². The van der Waals surface area contributed by atoms with Gasteiger partial charge in [-0.15, -0.1) is 0 Å². The van der Waals surface area contributed by atoms with Gasteiger partial charge < -0.3 is 28.4 Å². The third-order valence-electron chi connectivity index (χ3n) is 9.06. The first-order valence-corrected chi connectivity index (χ1v) is 23.2. The van der Waals surface area contributed by atoms with Crippen LogP contribution in [-0.4, -0.2) is 96.6 Å². The number of thiocarbonyl (C=S) groups is 2. The Labute approximate surface area is 362 Å². The maximum Gasteiger partial charge on any atom is 0.475 e. The molecule has 0 aliphatic carbocycles. The first-order valence-electron chi connectivity index (χ1n) is 20.9. The van der Waals surface area contributed by atoms with Gasteiger partial charge >= 0.3 is 7.82 Å². The number of hydrogen-bond acceptors (Lipinski definition) is 13. The summed E-state index contributed by atoms with van der Waals surface area (Å²) >= 11 is 10.6. The molecule has 1 aromatic rings. The highest BCUT2D eigenvalue weighted by atomic mass is 32.1. The van der Waals surface area contributed by atoms with Gasteiger partial charge in [0.2, 0.25) is 0 Å². The molecule has 0 bridgehead atoms. The quantitative estimate of drug-likeness (QED) is 0.0297. The first-order chi connectivity index (χ1) is 26.8. The van der Waals surface area contributed by atoms with E-state index in [1.54, 1.807) is 6.21 Å². The molecule has 0 unspecified atom stereocenters. The van der Waals surface area contributed by atoms with Gasteiger partial charge in [-0.25, -0.2) is 4.57 Å². The van der Waals surface area contributed by atoms with E-state index in [2.05, 4.69) is 18.8 Å². The summed E-state index contributed by atoms with van der Waals surface area (Å²) in [5, 5.41) is 1.15. The highest BCUT2D eigenvalue weighted by molar-refractivity contribution is 7.80. The van der Waals surface area contributed by atoms with E-state index in [0.29, 0.717) is 88.3 Å². The molecule has 14 heteroatoms. The van der Waals surface area contributed by atoms with Crippen LogP contribution in [0.1, 0.15) is 153 Å². The van der Waals surface area contributed by atoms with E-state index < -0.39 is 30.2 Å². The second-order valence-electron chi connectivity index (χ2n) is 17.8. The average molecular weight is 876 g/mol. The molecule has 0 amide bonds. The highest BCUT2D eigenvalue weighted by Gasteiger charge is 2.40. The summed E-state index contributed by atoms with van der Waals surface area (Å²) in [6, 6.07) is 8.04. The summed E-state index contributed by atoms with van der Waals surface area (Å²) in [4.78, 5) is 4.53. The monoisotopic (exact) mass is 875 g/mol. The van der Waals surface area contributed by atoms with Crippen LogP contribution in [-0.2, 0) is 53.2 Å². The number of nitrogens with zero attached hydrogens (tertiary/aromatic N) is 1. The van der Waals surface area contributed by atoms with Crippen molar-refractivity contribution in [3.63, 3.8) is 0 Å². The van der Waals surface area contributed by atoms with Crippen molar-refractivity contribution in [3.05, 3.63) is 35.4 Å². The van der Waals surface area contributed by atoms with Crippen molar-refractivity contribution < 1.29 is 46.6 Å². The lowest BCUT2D eigenvalue weighted by Crippen LogP contribution is -2.33. The normalized spacial score (nSPS) is 13.4. The third kappa shape index (κ3) is 26.7. The van der Waals surface area contributed by atoms with Gasteiger partial charge in [-0.05, 0) is 165 Å². The summed E-state index contributed by atoms with van der Waals surface area (Å²) < 4.78 is 68.1. The molecule has 1 rings (SSSR count). The number of phosphoric ester groups is 1. The Bertz CT molecular complexity index is 1360. The molecule has 0 saturated carbocycles. The maximum atomic E-state index is 14.5. The summed E-state index contributed by atoms with van der Waals surface area (Å²) in [7, 11) is -4.12. The molecule has 0 aliphatic heterocycles. The Kier molecular flexibility index (Phi) is 24.7. The number of hydrogen-bond donors (Lipinski definition) is 0. The minimum absolute atomic E-state index is 0.0218.